The molecule has 0 aliphatic heterocycles. The van der Waals surface area contributed by atoms with Crippen molar-refractivity contribution in [3.63, 3.8) is 0 Å². The molecule has 2 heteroatoms. The third kappa shape index (κ3) is 2.90. The average Bonchev–Trinajstić information content (AvgIpc) is 2.47. The lowest BCUT2D eigenvalue weighted by Gasteiger charge is -2.23. The molecule has 0 aliphatic rings. The molecule has 98 valence electrons. The fourth-order valence-electron chi connectivity index (χ4n) is 2.09. The standard InChI is InChI=1S/C17H18OS/c1-17(2,14-7-5-4-6-8-14)16(18)13-9-11-15(19-3)12-10-13/h4-12H,1-3H3. The number of benzene rings is 2. The molecule has 0 aromatic heterocycles. The Bertz CT molecular complexity index is 556. The molecular weight excluding hydrogens is 252 g/mol. The van der Waals surface area contributed by atoms with Crippen molar-refractivity contribution in [3.05, 3.63) is 65.7 Å². The highest BCUT2D eigenvalue weighted by Crippen LogP contribution is 2.28. The quantitative estimate of drug-likeness (QED) is 0.598. The van der Waals surface area contributed by atoms with Crippen molar-refractivity contribution in [1.82, 2.24) is 0 Å². The fraction of sp³-hybridized carbons (Fsp3) is 0.235. The van der Waals surface area contributed by atoms with E-state index in [-0.39, 0.29) is 5.78 Å². The lowest BCUT2D eigenvalue weighted by atomic mass is 9.78. The monoisotopic (exact) mass is 270 g/mol. The van der Waals surface area contributed by atoms with Gasteiger partial charge >= 0.3 is 0 Å². The number of hydrogen-bond acceptors (Lipinski definition) is 2. The van der Waals surface area contributed by atoms with Crippen molar-refractivity contribution < 1.29 is 4.79 Å². The van der Waals surface area contributed by atoms with Gasteiger partial charge in [0.2, 0.25) is 0 Å². The van der Waals surface area contributed by atoms with E-state index in [9.17, 15) is 4.79 Å². The Morgan fingerprint density at radius 1 is 0.947 bits per heavy atom. The third-order valence-corrected chi connectivity index (χ3v) is 4.16. The SMILES string of the molecule is CSc1ccc(C(=O)C(C)(C)c2ccccc2)cc1. The first-order valence-corrected chi connectivity index (χ1v) is 7.52. The molecule has 0 amide bonds. The molecular formula is C17H18OS. The number of hydrogen-bond donors (Lipinski definition) is 0. The highest BCUT2D eigenvalue weighted by molar-refractivity contribution is 7.98. The molecule has 2 rings (SSSR count). The van der Waals surface area contributed by atoms with Crippen molar-refractivity contribution in [2.45, 2.75) is 24.2 Å². The molecule has 2 aromatic carbocycles. The minimum absolute atomic E-state index is 0.159. The van der Waals surface area contributed by atoms with E-state index in [0.717, 1.165) is 11.1 Å². The summed E-state index contributed by atoms with van der Waals surface area (Å²) in [6.45, 7) is 3.96. The van der Waals surface area contributed by atoms with E-state index in [2.05, 4.69) is 0 Å². The molecule has 0 N–H and O–H groups in total. The summed E-state index contributed by atoms with van der Waals surface area (Å²) in [6.07, 6.45) is 2.03. The zero-order valence-electron chi connectivity index (χ0n) is 11.5. The van der Waals surface area contributed by atoms with Crippen molar-refractivity contribution >= 4 is 17.5 Å². The van der Waals surface area contributed by atoms with Crippen molar-refractivity contribution in [3.8, 4) is 0 Å². The smallest absolute Gasteiger partial charge is 0.172 e. The summed E-state index contributed by atoms with van der Waals surface area (Å²) in [4.78, 5) is 13.8. The van der Waals surface area contributed by atoms with E-state index in [1.54, 1.807) is 11.8 Å². The van der Waals surface area contributed by atoms with Gasteiger partial charge in [-0.1, -0.05) is 42.5 Å². The van der Waals surface area contributed by atoms with E-state index in [4.69, 9.17) is 0 Å². The van der Waals surface area contributed by atoms with Crippen LogP contribution in [0.2, 0.25) is 0 Å². The van der Waals surface area contributed by atoms with Gasteiger partial charge < -0.3 is 0 Å². The highest BCUT2D eigenvalue weighted by Gasteiger charge is 2.30. The molecule has 0 bridgehead atoms. The Morgan fingerprint density at radius 2 is 1.53 bits per heavy atom. The van der Waals surface area contributed by atoms with E-state index in [1.807, 2.05) is 74.7 Å². The van der Waals surface area contributed by atoms with Crippen LogP contribution in [0.25, 0.3) is 0 Å². The van der Waals surface area contributed by atoms with Gasteiger partial charge in [0.15, 0.2) is 5.78 Å². The van der Waals surface area contributed by atoms with Crippen LogP contribution in [0, 0.1) is 0 Å². The molecule has 0 saturated carbocycles. The molecule has 0 fully saturated rings. The second-order valence-corrected chi connectivity index (χ2v) is 5.93. The number of thioether (sulfide) groups is 1. The van der Waals surface area contributed by atoms with Crippen LogP contribution in [0.15, 0.2) is 59.5 Å². The first kappa shape index (κ1) is 13.9. The maximum atomic E-state index is 12.7. The fourth-order valence-corrected chi connectivity index (χ4v) is 2.50. The number of carbonyl (C=O) groups is 1. The normalized spacial score (nSPS) is 11.3. The van der Waals surface area contributed by atoms with Gasteiger partial charge in [0, 0.05) is 10.5 Å². The Labute approximate surface area is 119 Å². The van der Waals surface area contributed by atoms with Crippen molar-refractivity contribution in [2.75, 3.05) is 6.26 Å². The predicted octanol–water partition coefficient (Wildman–Crippen LogP) is 4.57. The Balaban J connectivity index is 2.32. The Hall–Kier alpha value is -1.54. The third-order valence-electron chi connectivity index (χ3n) is 3.42. The lowest BCUT2D eigenvalue weighted by molar-refractivity contribution is 0.0908. The highest BCUT2D eigenvalue weighted by atomic mass is 32.2. The Kier molecular flexibility index (Phi) is 4.11. The molecule has 2 aromatic rings. The van der Waals surface area contributed by atoms with Crippen LogP contribution < -0.4 is 0 Å². The largest absolute Gasteiger partial charge is 0.293 e. The summed E-state index contributed by atoms with van der Waals surface area (Å²) in [6, 6.07) is 17.8. The number of Topliss-reactive ketones (excluding diaryl/α,β-unsaturated/α-hetero) is 1. The van der Waals surface area contributed by atoms with Gasteiger partial charge in [0.1, 0.15) is 0 Å². The summed E-state index contributed by atoms with van der Waals surface area (Å²) in [5.41, 5.74) is 1.32. The van der Waals surface area contributed by atoms with Crippen molar-refractivity contribution in [1.29, 1.82) is 0 Å². The summed E-state index contributed by atoms with van der Waals surface area (Å²) in [5, 5.41) is 0. The minimum atomic E-state index is -0.498. The van der Waals surface area contributed by atoms with E-state index in [1.165, 1.54) is 4.90 Å². The first-order valence-electron chi connectivity index (χ1n) is 6.30. The topological polar surface area (TPSA) is 17.1 Å². The van der Waals surface area contributed by atoms with Gasteiger partial charge in [-0.15, -0.1) is 11.8 Å². The Morgan fingerprint density at radius 3 is 2.05 bits per heavy atom. The molecule has 0 unspecified atom stereocenters. The zero-order chi connectivity index (χ0) is 13.9. The molecule has 19 heavy (non-hydrogen) atoms. The summed E-state index contributed by atoms with van der Waals surface area (Å²) in [7, 11) is 0. The summed E-state index contributed by atoms with van der Waals surface area (Å²) < 4.78 is 0. The molecule has 0 atom stereocenters. The molecule has 1 nitrogen and oxygen atoms in total. The summed E-state index contributed by atoms with van der Waals surface area (Å²) >= 11 is 1.68. The average molecular weight is 270 g/mol. The van der Waals surface area contributed by atoms with Gasteiger partial charge in [0.25, 0.3) is 0 Å². The van der Waals surface area contributed by atoms with E-state index < -0.39 is 5.41 Å². The molecule has 0 aliphatic carbocycles. The zero-order valence-corrected chi connectivity index (χ0v) is 12.3. The van der Waals surface area contributed by atoms with Crippen LogP contribution in [0.1, 0.15) is 29.8 Å². The second-order valence-electron chi connectivity index (χ2n) is 5.05. The van der Waals surface area contributed by atoms with Crippen LogP contribution >= 0.6 is 11.8 Å². The predicted molar refractivity (Wildman–Crippen MR) is 82.0 cm³/mol. The van der Waals surface area contributed by atoms with Gasteiger partial charge in [-0.25, -0.2) is 0 Å². The molecule has 0 radical (unpaired) electrons. The van der Waals surface area contributed by atoms with Gasteiger partial charge in [-0.3, -0.25) is 4.79 Å². The number of carbonyl (C=O) groups excluding carboxylic acids is 1. The number of ketones is 1. The van der Waals surface area contributed by atoms with E-state index in [0.29, 0.717) is 0 Å². The van der Waals surface area contributed by atoms with Gasteiger partial charge in [-0.2, -0.15) is 0 Å². The maximum absolute atomic E-state index is 12.7. The molecule has 0 spiro atoms. The second kappa shape index (κ2) is 5.62. The minimum Gasteiger partial charge on any atom is -0.293 e. The van der Waals surface area contributed by atoms with Crippen LogP contribution in [0.3, 0.4) is 0 Å². The number of rotatable bonds is 4. The van der Waals surface area contributed by atoms with Crippen LogP contribution in [-0.2, 0) is 5.41 Å². The van der Waals surface area contributed by atoms with Crippen molar-refractivity contribution in [2.24, 2.45) is 0 Å². The molecule has 0 saturated heterocycles. The van der Waals surface area contributed by atoms with Crippen LogP contribution in [0.5, 0.6) is 0 Å². The van der Waals surface area contributed by atoms with E-state index >= 15 is 0 Å². The van der Waals surface area contributed by atoms with Crippen LogP contribution in [0.4, 0.5) is 0 Å². The lowest BCUT2D eigenvalue weighted by Crippen LogP contribution is -2.29. The van der Waals surface area contributed by atoms with Gasteiger partial charge in [0.05, 0.1) is 5.41 Å². The maximum Gasteiger partial charge on any atom is 0.172 e. The van der Waals surface area contributed by atoms with Crippen LogP contribution in [-0.4, -0.2) is 12.0 Å². The first-order chi connectivity index (χ1) is 9.05. The molecule has 0 heterocycles. The van der Waals surface area contributed by atoms with Gasteiger partial charge in [-0.05, 0) is 37.8 Å². The summed E-state index contributed by atoms with van der Waals surface area (Å²) in [5.74, 6) is 0.159.